The maximum Gasteiger partial charge on any atom is 0.339 e. The predicted octanol–water partition coefficient (Wildman–Crippen LogP) is 5.02. The van der Waals surface area contributed by atoms with Crippen molar-refractivity contribution < 1.29 is 14.6 Å². The van der Waals surface area contributed by atoms with Crippen LogP contribution in [0.1, 0.15) is 27.0 Å². The summed E-state index contributed by atoms with van der Waals surface area (Å²) in [6.45, 7) is 2.32. The van der Waals surface area contributed by atoms with Crippen LogP contribution in [-0.4, -0.2) is 17.3 Å². The molecule has 130 valence electrons. The summed E-state index contributed by atoms with van der Waals surface area (Å²) in [6, 6.07) is 22.5. The van der Waals surface area contributed by atoms with E-state index in [2.05, 4.69) is 4.99 Å². The van der Waals surface area contributed by atoms with Crippen LogP contribution in [0.4, 0.5) is 5.69 Å². The zero-order valence-corrected chi connectivity index (χ0v) is 14.4. The topological polar surface area (TPSA) is 58.9 Å². The molecule has 3 aromatic rings. The summed E-state index contributed by atoms with van der Waals surface area (Å²) >= 11 is 0. The summed E-state index contributed by atoms with van der Waals surface area (Å²) in [5.41, 5.74) is 3.75. The predicted molar refractivity (Wildman–Crippen MR) is 103 cm³/mol. The molecule has 0 saturated heterocycles. The Morgan fingerprint density at radius 3 is 2.58 bits per heavy atom. The van der Waals surface area contributed by atoms with E-state index in [4.69, 9.17) is 4.74 Å². The lowest BCUT2D eigenvalue weighted by atomic mass is 10.1. The molecule has 0 bridgehead atoms. The van der Waals surface area contributed by atoms with Crippen molar-refractivity contribution in [2.24, 2.45) is 4.99 Å². The highest BCUT2D eigenvalue weighted by Crippen LogP contribution is 2.22. The van der Waals surface area contributed by atoms with E-state index in [-0.39, 0.29) is 5.56 Å². The molecule has 0 aliphatic carbocycles. The number of rotatable bonds is 6. The number of hydrogen-bond acceptors (Lipinski definition) is 3. The van der Waals surface area contributed by atoms with Crippen molar-refractivity contribution in [3.05, 3.63) is 95.1 Å². The standard InChI is InChI=1S/C22H19NO3/c1-16-6-5-9-19(12-16)23-14-18-10-11-21(20(13-18)22(24)25)26-15-17-7-3-2-4-8-17/h2-14H,15H2,1H3,(H,24,25). The van der Waals surface area contributed by atoms with Crippen LogP contribution < -0.4 is 4.74 Å². The van der Waals surface area contributed by atoms with Crippen LogP contribution in [0.3, 0.4) is 0 Å². The molecule has 3 rings (SSSR count). The van der Waals surface area contributed by atoms with Crippen LogP contribution in [0.5, 0.6) is 5.75 Å². The fourth-order valence-corrected chi connectivity index (χ4v) is 2.51. The van der Waals surface area contributed by atoms with Gasteiger partial charge in [-0.25, -0.2) is 4.79 Å². The molecule has 0 radical (unpaired) electrons. The molecular formula is C22H19NO3. The van der Waals surface area contributed by atoms with Crippen LogP contribution in [0, 0.1) is 6.92 Å². The first-order chi connectivity index (χ1) is 12.6. The molecule has 0 saturated carbocycles. The highest BCUT2D eigenvalue weighted by atomic mass is 16.5. The second kappa shape index (κ2) is 8.12. The van der Waals surface area contributed by atoms with Crippen molar-refractivity contribution in [2.75, 3.05) is 0 Å². The molecule has 0 spiro atoms. The molecule has 0 aromatic heterocycles. The number of carboxylic acid groups (broad SMARTS) is 1. The molecule has 0 fully saturated rings. The summed E-state index contributed by atoms with van der Waals surface area (Å²) in [5, 5.41) is 9.48. The molecule has 4 heteroatoms. The number of aliphatic imine (C=N–C) groups is 1. The van der Waals surface area contributed by atoms with Gasteiger partial charge >= 0.3 is 5.97 Å². The Bertz CT molecular complexity index is 933. The quantitative estimate of drug-likeness (QED) is 0.638. The highest BCUT2D eigenvalue weighted by Gasteiger charge is 2.12. The van der Waals surface area contributed by atoms with Crippen molar-refractivity contribution in [3.8, 4) is 5.75 Å². The molecule has 26 heavy (non-hydrogen) atoms. The number of benzene rings is 3. The van der Waals surface area contributed by atoms with E-state index >= 15 is 0 Å². The second-order valence-corrected chi connectivity index (χ2v) is 5.93. The highest BCUT2D eigenvalue weighted by molar-refractivity contribution is 5.94. The SMILES string of the molecule is Cc1cccc(N=Cc2ccc(OCc3ccccc3)c(C(=O)O)c2)c1. The van der Waals surface area contributed by atoms with Gasteiger partial charge in [-0.2, -0.15) is 0 Å². The monoisotopic (exact) mass is 345 g/mol. The van der Waals surface area contributed by atoms with Gasteiger partial charge in [0.25, 0.3) is 0 Å². The number of aromatic carboxylic acids is 1. The summed E-state index contributed by atoms with van der Waals surface area (Å²) in [7, 11) is 0. The Hall–Kier alpha value is -3.40. The number of aryl methyl sites for hydroxylation is 1. The molecule has 0 heterocycles. The van der Waals surface area contributed by atoms with Crippen LogP contribution in [0.2, 0.25) is 0 Å². The van der Waals surface area contributed by atoms with Gasteiger partial charge in [0, 0.05) is 6.21 Å². The Morgan fingerprint density at radius 2 is 1.85 bits per heavy atom. The smallest absolute Gasteiger partial charge is 0.339 e. The first-order valence-corrected chi connectivity index (χ1v) is 8.26. The molecule has 0 aliphatic heterocycles. The molecule has 4 nitrogen and oxygen atoms in total. The molecule has 0 atom stereocenters. The third kappa shape index (κ3) is 4.57. The van der Waals surface area contributed by atoms with Crippen molar-refractivity contribution in [1.82, 2.24) is 0 Å². The number of carbonyl (C=O) groups is 1. The zero-order valence-electron chi connectivity index (χ0n) is 14.4. The van der Waals surface area contributed by atoms with E-state index in [9.17, 15) is 9.90 Å². The first-order valence-electron chi connectivity index (χ1n) is 8.26. The van der Waals surface area contributed by atoms with Gasteiger partial charge in [0.2, 0.25) is 0 Å². The van der Waals surface area contributed by atoms with Crippen molar-refractivity contribution in [1.29, 1.82) is 0 Å². The maximum atomic E-state index is 11.6. The Balaban J connectivity index is 1.79. The lowest BCUT2D eigenvalue weighted by Gasteiger charge is -2.10. The van der Waals surface area contributed by atoms with Crippen LogP contribution in [0.25, 0.3) is 0 Å². The molecule has 3 aromatic carbocycles. The summed E-state index contributed by atoms with van der Waals surface area (Å²) in [5.74, 6) is -0.687. The minimum Gasteiger partial charge on any atom is -0.488 e. The molecule has 1 N–H and O–H groups in total. The van der Waals surface area contributed by atoms with E-state index in [0.717, 1.165) is 16.8 Å². The van der Waals surface area contributed by atoms with Gasteiger partial charge in [-0.15, -0.1) is 0 Å². The van der Waals surface area contributed by atoms with Crippen molar-refractivity contribution in [2.45, 2.75) is 13.5 Å². The lowest BCUT2D eigenvalue weighted by Crippen LogP contribution is -2.04. The summed E-state index contributed by atoms with van der Waals surface area (Å²) in [4.78, 5) is 16.0. The average Bonchev–Trinajstić information content (AvgIpc) is 2.66. The summed E-state index contributed by atoms with van der Waals surface area (Å²) < 4.78 is 5.69. The largest absolute Gasteiger partial charge is 0.488 e. The Morgan fingerprint density at radius 1 is 1.04 bits per heavy atom. The number of hydrogen-bond donors (Lipinski definition) is 1. The Kier molecular flexibility index (Phi) is 5.44. The minimum absolute atomic E-state index is 0.120. The van der Waals surface area contributed by atoms with E-state index < -0.39 is 5.97 Å². The lowest BCUT2D eigenvalue weighted by molar-refractivity contribution is 0.0691. The van der Waals surface area contributed by atoms with E-state index in [0.29, 0.717) is 17.9 Å². The summed E-state index contributed by atoms with van der Waals surface area (Å²) in [6.07, 6.45) is 1.65. The van der Waals surface area contributed by atoms with E-state index in [1.54, 1.807) is 24.4 Å². The van der Waals surface area contributed by atoms with Gasteiger partial charge < -0.3 is 9.84 Å². The molecule has 0 aliphatic rings. The van der Waals surface area contributed by atoms with Crippen LogP contribution >= 0.6 is 0 Å². The van der Waals surface area contributed by atoms with Crippen LogP contribution in [0.15, 0.2) is 77.8 Å². The molecule has 0 unspecified atom stereocenters. The minimum atomic E-state index is -1.03. The first kappa shape index (κ1) is 17.4. The normalized spacial score (nSPS) is 10.8. The van der Waals surface area contributed by atoms with Gasteiger partial charge in [0.05, 0.1) is 5.69 Å². The fraction of sp³-hybridized carbons (Fsp3) is 0.0909. The average molecular weight is 345 g/mol. The van der Waals surface area contributed by atoms with Gasteiger partial charge in [-0.1, -0.05) is 42.5 Å². The van der Waals surface area contributed by atoms with E-state index in [1.165, 1.54) is 0 Å². The van der Waals surface area contributed by atoms with Gasteiger partial charge in [0.1, 0.15) is 17.9 Å². The van der Waals surface area contributed by atoms with Gasteiger partial charge in [-0.3, -0.25) is 4.99 Å². The van der Waals surface area contributed by atoms with Gasteiger partial charge in [-0.05, 0) is 53.9 Å². The third-order valence-electron chi connectivity index (χ3n) is 3.84. The zero-order chi connectivity index (χ0) is 18.4. The molecular weight excluding hydrogens is 326 g/mol. The number of ether oxygens (including phenoxy) is 1. The molecule has 0 amide bonds. The van der Waals surface area contributed by atoms with Crippen LogP contribution in [-0.2, 0) is 6.61 Å². The number of carboxylic acids is 1. The van der Waals surface area contributed by atoms with Crippen molar-refractivity contribution >= 4 is 17.9 Å². The number of nitrogens with zero attached hydrogens (tertiary/aromatic N) is 1. The second-order valence-electron chi connectivity index (χ2n) is 5.93. The van der Waals surface area contributed by atoms with E-state index in [1.807, 2.05) is 61.5 Å². The fourth-order valence-electron chi connectivity index (χ4n) is 2.51. The third-order valence-corrected chi connectivity index (χ3v) is 3.84. The van der Waals surface area contributed by atoms with Crippen molar-refractivity contribution in [3.63, 3.8) is 0 Å². The van der Waals surface area contributed by atoms with Gasteiger partial charge in [0.15, 0.2) is 0 Å². The maximum absolute atomic E-state index is 11.6. The Labute approximate surface area is 152 Å².